The number of rotatable bonds is 2. The summed E-state index contributed by atoms with van der Waals surface area (Å²) in [5.74, 6) is 4.33. The molecule has 0 spiro atoms. The second-order valence-electron chi connectivity index (χ2n) is 0.838. The summed E-state index contributed by atoms with van der Waals surface area (Å²) in [6.45, 7) is 3.17. The molecule has 0 aliphatic heterocycles. The Balaban J connectivity index is 3.17. The van der Waals surface area contributed by atoms with Gasteiger partial charge in [-0.2, -0.15) is 5.53 Å². The van der Waals surface area contributed by atoms with Gasteiger partial charge in [0.1, 0.15) is 0 Å². The van der Waals surface area contributed by atoms with Crippen molar-refractivity contribution in [2.75, 3.05) is 0 Å². The topological polar surface area (TPSA) is 67.2 Å². The van der Waals surface area contributed by atoms with Crippen molar-refractivity contribution in [3.05, 3.63) is 12.7 Å². The van der Waals surface area contributed by atoms with E-state index >= 15 is 0 Å². The first kappa shape index (κ1) is 6.13. The van der Waals surface area contributed by atoms with Gasteiger partial charge in [0, 0.05) is 0 Å². The molecule has 40 valence electrons. The number of hydrogen-bond acceptors (Lipinski definition) is 3. The fraction of sp³-hybridized carbons (Fsp3) is 0. The standard InChI is InChI=1S/C3H7N3O/c1-2-3(7)5-6-4/h2,6H,1,4H2,(H,5,7). The van der Waals surface area contributed by atoms with Gasteiger partial charge in [-0.1, -0.05) is 6.58 Å². The minimum absolute atomic E-state index is 0.345. The van der Waals surface area contributed by atoms with E-state index in [2.05, 4.69) is 17.8 Å². The average molecular weight is 101 g/mol. The minimum atomic E-state index is -0.345. The number of hydrazine groups is 2. The van der Waals surface area contributed by atoms with Crippen LogP contribution in [0.1, 0.15) is 0 Å². The lowest BCUT2D eigenvalue weighted by molar-refractivity contribution is -0.117. The minimum Gasteiger partial charge on any atom is -0.275 e. The Labute approximate surface area is 41.3 Å². The molecular formula is C3H7N3O. The maximum Gasteiger partial charge on any atom is 0.258 e. The van der Waals surface area contributed by atoms with E-state index in [0.717, 1.165) is 6.08 Å². The predicted octanol–water partition coefficient (Wildman–Crippen LogP) is -1.33. The molecule has 0 aromatic carbocycles. The molecule has 0 aromatic heterocycles. The molecule has 0 rings (SSSR count). The van der Waals surface area contributed by atoms with Gasteiger partial charge < -0.3 is 0 Å². The van der Waals surface area contributed by atoms with Crippen LogP contribution in [-0.4, -0.2) is 5.91 Å². The van der Waals surface area contributed by atoms with Gasteiger partial charge in [-0.05, 0) is 6.08 Å². The summed E-state index contributed by atoms with van der Waals surface area (Å²) in [6, 6.07) is 0. The number of amides is 1. The lowest BCUT2D eigenvalue weighted by Gasteiger charge is -1.92. The van der Waals surface area contributed by atoms with E-state index < -0.39 is 0 Å². The van der Waals surface area contributed by atoms with Crippen LogP contribution in [0.5, 0.6) is 0 Å². The van der Waals surface area contributed by atoms with Crippen molar-refractivity contribution in [3.8, 4) is 0 Å². The van der Waals surface area contributed by atoms with Crippen LogP contribution in [0.25, 0.3) is 0 Å². The van der Waals surface area contributed by atoms with Crippen LogP contribution in [0.3, 0.4) is 0 Å². The highest BCUT2D eigenvalue weighted by molar-refractivity contribution is 5.86. The second kappa shape index (κ2) is 3.32. The molecule has 4 N–H and O–H groups in total. The van der Waals surface area contributed by atoms with Crippen LogP contribution in [-0.2, 0) is 4.79 Å². The summed E-state index contributed by atoms with van der Waals surface area (Å²) < 4.78 is 0. The van der Waals surface area contributed by atoms with Crippen molar-refractivity contribution in [2.45, 2.75) is 0 Å². The highest BCUT2D eigenvalue weighted by Gasteiger charge is 1.83. The number of carbonyl (C=O) groups is 1. The summed E-state index contributed by atoms with van der Waals surface area (Å²) in [6.07, 6.45) is 1.11. The van der Waals surface area contributed by atoms with Gasteiger partial charge >= 0.3 is 0 Å². The van der Waals surface area contributed by atoms with Crippen molar-refractivity contribution in [1.82, 2.24) is 11.0 Å². The normalized spacial score (nSPS) is 7.57. The first-order valence-corrected chi connectivity index (χ1v) is 1.69. The molecular weight excluding hydrogens is 94.1 g/mol. The van der Waals surface area contributed by atoms with E-state index in [9.17, 15) is 4.79 Å². The van der Waals surface area contributed by atoms with Gasteiger partial charge in [0.2, 0.25) is 0 Å². The Morgan fingerprint density at radius 3 is 2.57 bits per heavy atom. The SMILES string of the molecule is C=CC(=O)NNN. The Kier molecular flexibility index (Phi) is 2.91. The molecule has 0 aliphatic rings. The zero-order valence-electron chi connectivity index (χ0n) is 3.77. The first-order valence-electron chi connectivity index (χ1n) is 1.69. The number of nitrogens with two attached hydrogens (primary N) is 1. The average Bonchev–Trinajstić information content (AvgIpc) is 1.68. The van der Waals surface area contributed by atoms with Crippen LogP contribution in [0, 0.1) is 0 Å². The second-order valence-corrected chi connectivity index (χ2v) is 0.838. The van der Waals surface area contributed by atoms with E-state index in [1.54, 1.807) is 0 Å². The van der Waals surface area contributed by atoms with Crippen LogP contribution in [0.4, 0.5) is 0 Å². The third kappa shape index (κ3) is 2.95. The smallest absolute Gasteiger partial charge is 0.258 e. The molecule has 0 radical (unpaired) electrons. The third-order valence-corrected chi connectivity index (χ3v) is 0.381. The van der Waals surface area contributed by atoms with E-state index in [1.807, 2.05) is 5.53 Å². The molecule has 0 fully saturated rings. The first-order chi connectivity index (χ1) is 3.31. The molecule has 0 saturated carbocycles. The number of nitrogens with one attached hydrogen (secondary N) is 2. The molecule has 7 heavy (non-hydrogen) atoms. The zero-order chi connectivity index (χ0) is 5.70. The van der Waals surface area contributed by atoms with E-state index in [0.29, 0.717) is 0 Å². The highest BCUT2D eigenvalue weighted by atomic mass is 16.2. The Morgan fingerprint density at radius 2 is 2.43 bits per heavy atom. The van der Waals surface area contributed by atoms with Crippen molar-refractivity contribution < 1.29 is 4.79 Å². The van der Waals surface area contributed by atoms with Gasteiger partial charge in [-0.25, -0.2) is 0 Å². The van der Waals surface area contributed by atoms with Crippen LogP contribution < -0.4 is 16.8 Å². The molecule has 0 aliphatic carbocycles. The molecule has 0 saturated heterocycles. The predicted molar refractivity (Wildman–Crippen MR) is 25.7 cm³/mol. The Morgan fingerprint density at radius 1 is 1.86 bits per heavy atom. The monoisotopic (exact) mass is 101 g/mol. The maximum absolute atomic E-state index is 10.0. The quantitative estimate of drug-likeness (QED) is 0.229. The van der Waals surface area contributed by atoms with Crippen molar-refractivity contribution >= 4 is 5.91 Å². The van der Waals surface area contributed by atoms with Gasteiger partial charge in [-0.15, -0.1) is 0 Å². The number of hydrogen-bond donors (Lipinski definition) is 3. The highest BCUT2D eigenvalue weighted by Crippen LogP contribution is 1.56. The Bertz CT molecular complexity index is 80.2. The summed E-state index contributed by atoms with van der Waals surface area (Å²) in [5.41, 5.74) is 4.01. The third-order valence-electron chi connectivity index (χ3n) is 0.381. The molecule has 0 bridgehead atoms. The van der Waals surface area contributed by atoms with Gasteiger partial charge in [0.05, 0.1) is 0 Å². The maximum atomic E-state index is 10.0. The largest absolute Gasteiger partial charge is 0.275 e. The molecule has 4 heteroatoms. The van der Waals surface area contributed by atoms with Gasteiger partial charge in [0.15, 0.2) is 0 Å². The van der Waals surface area contributed by atoms with Crippen molar-refractivity contribution in [3.63, 3.8) is 0 Å². The summed E-state index contributed by atoms with van der Waals surface area (Å²) in [7, 11) is 0. The molecule has 0 atom stereocenters. The van der Waals surface area contributed by atoms with Gasteiger partial charge in [0.25, 0.3) is 5.91 Å². The molecule has 0 unspecified atom stereocenters. The van der Waals surface area contributed by atoms with Crippen molar-refractivity contribution in [2.24, 2.45) is 5.84 Å². The molecule has 4 nitrogen and oxygen atoms in total. The zero-order valence-corrected chi connectivity index (χ0v) is 3.77. The summed E-state index contributed by atoms with van der Waals surface area (Å²) in [4.78, 5) is 10.0. The summed E-state index contributed by atoms with van der Waals surface area (Å²) in [5, 5.41) is 0. The van der Waals surface area contributed by atoms with Crippen LogP contribution in [0.2, 0.25) is 0 Å². The van der Waals surface area contributed by atoms with Crippen LogP contribution >= 0.6 is 0 Å². The lowest BCUT2D eigenvalue weighted by Crippen LogP contribution is -2.41. The fourth-order valence-electron chi connectivity index (χ4n) is 0.122. The summed E-state index contributed by atoms with van der Waals surface area (Å²) >= 11 is 0. The van der Waals surface area contributed by atoms with Gasteiger partial charge in [-0.3, -0.25) is 16.1 Å². The van der Waals surface area contributed by atoms with E-state index in [-0.39, 0.29) is 5.91 Å². The van der Waals surface area contributed by atoms with Crippen LogP contribution in [0.15, 0.2) is 12.7 Å². The molecule has 1 amide bonds. The van der Waals surface area contributed by atoms with E-state index in [1.165, 1.54) is 0 Å². The Hall–Kier alpha value is -0.870. The molecule has 0 aromatic rings. The van der Waals surface area contributed by atoms with E-state index in [4.69, 9.17) is 0 Å². The van der Waals surface area contributed by atoms with Crippen molar-refractivity contribution in [1.29, 1.82) is 0 Å². The lowest BCUT2D eigenvalue weighted by atomic mass is 10.6. The fourth-order valence-corrected chi connectivity index (χ4v) is 0.122. The molecule has 0 heterocycles. The number of carbonyl (C=O) groups excluding carboxylic acids is 1.